The van der Waals surface area contributed by atoms with E-state index in [0.717, 1.165) is 9.21 Å². The van der Waals surface area contributed by atoms with Crippen molar-refractivity contribution in [1.82, 2.24) is 10.2 Å². The first-order chi connectivity index (χ1) is 9.29. The molecule has 0 radical (unpaired) electrons. The molecule has 0 bridgehead atoms. The number of thiophene rings is 1. The highest BCUT2D eigenvalue weighted by atomic mass is 35.5. The summed E-state index contributed by atoms with van der Waals surface area (Å²) in [5.41, 5.74) is 0. The Balaban J connectivity index is 2.46. The predicted octanol–water partition coefficient (Wildman–Crippen LogP) is 2.56. The lowest BCUT2D eigenvalue weighted by Gasteiger charge is -2.21. The van der Waals surface area contributed by atoms with Crippen LogP contribution in [0.3, 0.4) is 0 Å². The Hall–Kier alpha value is -0.910. The fourth-order valence-corrected chi connectivity index (χ4v) is 3.13. The largest absolute Gasteiger partial charge is 0.345 e. The maximum Gasteiger partial charge on any atom is 0.234 e. The molecule has 1 N–H and O–H groups in total. The highest BCUT2D eigenvalue weighted by Gasteiger charge is 2.21. The molecule has 0 aliphatic heterocycles. The summed E-state index contributed by atoms with van der Waals surface area (Å²) >= 11 is 7.38. The number of rotatable bonds is 7. The topological polar surface area (TPSA) is 49.4 Å². The Morgan fingerprint density at radius 1 is 1.40 bits per heavy atom. The molecule has 0 aromatic carbocycles. The molecular formula is C14H21ClN2O2S. The molecule has 0 aliphatic rings. The molecule has 4 nitrogen and oxygen atoms in total. The van der Waals surface area contributed by atoms with E-state index >= 15 is 0 Å². The molecule has 20 heavy (non-hydrogen) atoms. The van der Waals surface area contributed by atoms with Crippen LogP contribution in [0, 0.1) is 5.92 Å². The van der Waals surface area contributed by atoms with Gasteiger partial charge in [0.2, 0.25) is 5.91 Å². The van der Waals surface area contributed by atoms with Crippen LogP contribution in [0.4, 0.5) is 0 Å². The minimum atomic E-state index is -0.410. The summed E-state index contributed by atoms with van der Waals surface area (Å²) in [6.45, 7) is 6.26. The Labute approximate surface area is 129 Å². The standard InChI is InChI=1S/C14H21ClN2O2S/c1-9(2)14(10(3)18)16-13(19)8-17(4)7-11-5-6-12(15)20-11/h5-6,9,14H,7-8H2,1-4H3,(H,16,19). The maximum absolute atomic E-state index is 11.9. The Morgan fingerprint density at radius 3 is 2.50 bits per heavy atom. The van der Waals surface area contributed by atoms with Gasteiger partial charge in [0.25, 0.3) is 0 Å². The van der Waals surface area contributed by atoms with Crippen molar-refractivity contribution in [2.45, 2.75) is 33.4 Å². The zero-order valence-electron chi connectivity index (χ0n) is 12.3. The van der Waals surface area contributed by atoms with Crippen LogP contribution in [0.15, 0.2) is 12.1 Å². The van der Waals surface area contributed by atoms with Crippen LogP contribution < -0.4 is 5.32 Å². The molecule has 112 valence electrons. The number of nitrogens with one attached hydrogen (secondary N) is 1. The number of hydrogen-bond donors (Lipinski definition) is 1. The van der Waals surface area contributed by atoms with Gasteiger partial charge in [-0.1, -0.05) is 25.4 Å². The van der Waals surface area contributed by atoms with Gasteiger partial charge in [-0.15, -0.1) is 11.3 Å². The van der Waals surface area contributed by atoms with Crippen molar-refractivity contribution in [1.29, 1.82) is 0 Å². The molecule has 1 atom stereocenters. The van der Waals surface area contributed by atoms with E-state index in [1.54, 1.807) is 0 Å². The normalized spacial score (nSPS) is 12.8. The molecule has 1 aromatic heterocycles. The van der Waals surface area contributed by atoms with E-state index < -0.39 is 6.04 Å². The van der Waals surface area contributed by atoms with Crippen LogP contribution in [0.5, 0.6) is 0 Å². The van der Waals surface area contributed by atoms with Crippen molar-refractivity contribution in [3.8, 4) is 0 Å². The minimum Gasteiger partial charge on any atom is -0.345 e. The number of amides is 1. The van der Waals surface area contributed by atoms with Crippen LogP contribution in [-0.2, 0) is 16.1 Å². The Bertz CT molecular complexity index is 473. The van der Waals surface area contributed by atoms with Crippen molar-refractivity contribution in [3.05, 3.63) is 21.3 Å². The number of carbonyl (C=O) groups is 2. The lowest BCUT2D eigenvalue weighted by Crippen LogP contribution is -2.46. The fourth-order valence-electron chi connectivity index (χ4n) is 1.96. The first-order valence-corrected chi connectivity index (χ1v) is 7.71. The summed E-state index contributed by atoms with van der Waals surface area (Å²) in [5, 5.41) is 2.78. The van der Waals surface area contributed by atoms with Gasteiger partial charge in [-0.25, -0.2) is 0 Å². The van der Waals surface area contributed by atoms with Crippen LogP contribution in [0.1, 0.15) is 25.6 Å². The summed E-state index contributed by atoms with van der Waals surface area (Å²) in [7, 11) is 1.87. The second kappa shape index (κ2) is 7.76. The molecule has 0 aliphatic carbocycles. The zero-order chi connectivity index (χ0) is 15.3. The molecule has 1 unspecified atom stereocenters. The minimum absolute atomic E-state index is 0.0129. The summed E-state index contributed by atoms with van der Waals surface area (Å²) < 4.78 is 0.745. The average Bonchev–Trinajstić information content (AvgIpc) is 2.70. The molecule has 1 amide bonds. The van der Waals surface area contributed by atoms with Gasteiger partial charge in [0.05, 0.1) is 16.9 Å². The molecule has 1 aromatic rings. The molecule has 1 rings (SSSR count). The Morgan fingerprint density at radius 2 is 2.05 bits per heavy atom. The number of nitrogens with zero attached hydrogens (tertiary/aromatic N) is 1. The molecule has 0 saturated heterocycles. The molecule has 0 saturated carbocycles. The highest BCUT2D eigenvalue weighted by molar-refractivity contribution is 7.16. The number of carbonyl (C=O) groups excluding carboxylic acids is 2. The summed E-state index contributed by atoms with van der Waals surface area (Å²) in [5.74, 6) is -0.0528. The smallest absolute Gasteiger partial charge is 0.234 e. The quantitative estimate of drug-likeness (QED) is 0.841. The van der Waals surface area contributed by atoms with Crippen molar-refractivity contribution in [2.75, 3.05) is 13.6 Å². The monoisotopic (exact) mass is 316 g/mol. The fraction of sp³-hybridized carbons (Fsp3) is 0.571. The van der Waals surface area contributed by atoms with E-state index in [0.29, 0.717) is 6.54 Å². The van der Waals surface area contributed by atoms with Crippen LogP contribution >= 0.6 is 22.9 Å². The van der Waals surface area contributed by atoms with Crippen LogP contribution in [0.2, 0.25) is 4.34 Å². The van der Waals surface area contributed by atoms with Crippen molar-refractivity contribution in [3.63, 3.8) is 0 Å². The molecular weight excluding hydrogens is 296 g/mol. The molecule has 1 heterocycles. The Kier molecular flexibility index (Phi) is 6.65. The van der Waals surface area contributed by atoms with E-state index in [-0.39, 0.29) is 24.2 Å². The van der Waals surface area contributed by atoms with E-state index in [1.807, 2.05) is 37.9 Å². The van der Waals surface area contributed by atoms with Gasteiger partial charge in [-0.2, -0.15) is 0 Å². The zero-order valence-corrected chi connectivity index (χ0v) is 13.8. The van der Waals surface area contributed by atoms with Crippen LogP contribution in [0.25, 0.3) is 0 Å². The number of likely N-dealkylation sites (N-methyl/N-ethyl adjacent to an activating group) is 1. The van der Waals surface area contributed by atoms with Gasteiger partial charge in [0.15, 0.2) is 5.78 Å². The lowest BCUT2D eigenvalue weighted by molar-refractivity contribution is -0.128. The third-order valence-electron chi connectivity index (χ3n) is 2.89. The van der Waals surface area contributed by atoms with Crippen molar-refractivity contribution in [2.24, 2.45) is 5.92 Å². The van der Waals surface area contributed by atoms with E-state index in [1.165, 1.54) is 18.3 Å². The number of ketones is 1. The second-order valence-electron chi connectivity index (χ2n) is 5.28. The predicted molar refractivity (Wildman–Crippen MR) is 83.1 cm³/mol. The second-order valence-corrected chi connectivity index (χ2v) is 7.08. The third-order valence-corrected chi connectivity index (χ3v) is 4.11. The number of halogens is 1. The van der Waals surface area contributed by atoms with Crippen molar-refractivity contribution >= 4 is 34.6 Å². The third kappa shape index (κ3) is 5.61. The van der Waals surface area contributed by atoms with Crippen LogP contribution in [-0.4, -0.2) is 36.2 Å². The summed E-state index contributed by atoms with van der Waals surface area (Å²) in [6, 6.07) is 3.39. The van der Waals surface area contributed by atoms with E-state index in [4.69, 9.17) is 11.6 Å². The summed E-state index contributed by atoms with van der Waals surface area (Å²) in [6.07, 6.45) is 0. The van der Waals surface area contributed by atoms with Crippen molar-refractivity contribution < 1.29 is 9.59 Å². The molecule has 0 spiro atoms. The van der Waals surface area contributed by atoms with Gasteiger partial charge in [0, 0.05) is 11.4 Å². The van der Waals surface area contributed by atoms with Gasteiger partial charge >= 0.3 is 0 Å². The SMILES string of the molecule is CC(=O)C(NC(=O)CN(C)Cc1ccc(Cl)s1)C(C)C. The van der Waals surface area contributed by atoms with E-state index in [9.17, 15) is 9.59 Å². The van der Waals surface area contributed by atoms with Gasteiger partial charge in [-0.3, -0.25) is 14.5 Å². The number of hydrogen-bond acceptors (Lipinski definition) is 4. The highest BCUT2D eigenvalue weighted by Crippen LogP contribution is 2.22. The first-order valence-electron chi connectivity index (χ1n) is 6.52. The van der Waals surface area contributed by atoms with Gasteiger partial charge in [0.1, 0.15) is 0 Å². The van der Waals surface area contributed by atoms with E-state index in [2.05, 4.69) is 5.32 Å². The molecule has 6 heteroatoms. The van der Waals surface area contributed by atoms with Gasteiger partial charge < -0.3 is 5.32 Å². The number of Topliss-reactive ketones (excluding diaryl/α,β-unsaturated/α-hetero) is 1. The lowest BCUT2D eigenvalue weighted by atomic mass is 10.0. The maximum atomic E-state index is 11.9. The summed E-state index contributed by atoms with van der Waals surface area (Å²) in [4.78, 5) is 26.4. The van der Waals surface area contributed by atoms with Gasteiger partial charge in [-0.05, 0) is 32.0 Å². The molecule has 0 fully saturated rings. The average molecular weight is 317 g/mol. The first kappa shape index (κ1) is 17.1.